The monoisotopic (exact) mass is 338 g/mol. The molecule has 1 N–H and O–H groups in total. The Morgan fingerprint density at radius 3 is 2.64 bits per heavy atom. The molecular weight excluding hydrogens is 324 g/mol. The van der Waals surface area contributed by atoms with Gasteiger partial charge in [0.05, 0.1) is 10.9 Å². The van der Waals surface area contributed by atoms with E-state index in [4.69, 9.17) is 13.9 Å². The molecule has 3 aromatic rings. The number of ketones is 1. The van der Waals surface area contributed by atoms with Gasteiger partial charge in [-0.3, -0.25) is 4.79 Å². The second-order valence-corrected chi connectivity index (χ2v) is 5.67. The van der Waals surface area contributed by atoms with Crippen LogP contribution in [0.4, 0.5) is 0 Å². The van der Waals surface area contributed by atoms with E-state index in [1.807, 2.05) is 0 Å². The number of hydrogen-bond acceptors (Lipinski definition) is 6. The summed E-state index contributed by atoms with van der Waals surface area (Å²) in [6.45, 7) is 0.881. The Labute approximate surface area is 142 Å². The van der Waals surface area contributed by atoms with Gasteiger partial charge in [-0.15, -0.1) is 0 Å². The van der Waals surface area contributed by atoms with Crippen LogP contribution in [0.5, 0.6) is 17.2 Å². The Hall–Kier alpha value is -3.28. The van der Waals surface area contributed by atoms with Crippen molar-refractivity contribution in [3.8, 4) is 17.2 Å². The molecule has 0 radical (unpaired) electrons. The zero-order valence-corrected chi connectivity index (χ0v) is 13.2. The maximum atomic E-state index is 12.6. The van der Waals surface area contributed by atoms with E-state index >= 15 is 0 Å². The summed E-state index contributed by atoms with van der Waals surface area (Å²) in [6.07, 6.45) is -0.265. The Kier molecular flexibility index (Phi) is 3.65. The highest BCUT2D eigenvalue weighted by Gasteiger charge is 2.20. The van der Waals surface area contributed by atoms with E-state index in [0.717, 1.165) is 0 Å². The molecule has 0 aliphatic carbocycles. The van der Waals surface area contributed by atoms with Crippen molar-refractivity contribution in [1.82, 2.24) is 0 Å². The third-order valence-corrected chi connectivity index (χ3v) is 4.08. The first-order chi connectivity index (χ1) is 12.1. The SMILES string of the molecule is O=C(Cc1c(O)c2ccccc2oc1=O)c1ccc2c(c1)OCCO2. The minimum absolute atomic E-state index is 0.0569. The summed E-state index contributed by atoms with van der Waals surface area (Å²) >= 11 is 0. The third-order valence-electron chi connectivity index (χ3n) is 4.08. The number of Topliss-reactive ketones (excluding diaryl/α,β-unsaturated/α-hetero) is 1. The van der Waals surface area contributed by atoms with Crippen LogP contribution in [0, 0.1) is 0 Å². The summed E-state index contributed by atoms with van der Waals surface area (Å²) in [4.78, 5) is 24.7. The van der Waals surface area contributed by atoms with Crippen molar-refractivity contribution < 1.29 is 23.8 Å². The maximum Gasteiger partial charge on any atom is 0.343 e. The first-order valence-corrected chi connectivity index (χ1v) is 7.80. The standard InChI is InChI=1S/C19H14O6/c20-14(11-5-6-16-17(9-11)24-8-7-23-16)10-13-18(21)12-3-1-2-4-15(12)25-19(13)22/h1-6,9,21H,7-8,10H2. The van der Waals surface area contributed by atoms with Gasteiger partial charge in [0, 0.05) is 12.0 Å². The van der Waals surface area contributed by atoms with E-state index in [2.05, 4.69) is 0 Å². The molecule has 2 aromatic carbocycles. The first-order valence-electron chi connectivity index (χ1n) is 7.80. The topological polar surface area (TPSA) is 86.0 Å². The van der Waals surface area contributed by atoms with Gasteiger partial charge in [0.15, 0.2) is 17.3 Å². The number of rotatable bonds is 3. The smallest absolute Gasteiger partial charge is 0.343 e. The van der Waals surface area contributed by atoms with Crippen LogP contribution in [0.1, 0.15) is 15.9 Å². The van der Waals surface area contributed by atoms with E-state index in [1.54, 1.807) is 42.5 Å². The Balaban J connectivity index is 1.69. The number of carbonyl (C=O) groups is 1. The number of aromatic hydroxyl groups is 1. The Morgan fingerprint density at radius 2 is 1.80 bits per heavy atom. The van der Waals surface area contributed by atoms with Crippen molar-refractivity contribution in [3.63, 3.8) is 0 Å². The number of hydrogen-bond donors (Lipinski definition) is 1. The molecule has 0 bridgehead atoms. The fourth-order valence-corrected chi connectivity index (χ4v) is 2.81. The lowest BCUT2D eigenvalue weighted by atomic mass is 10.0. The van der Waals surface area contributed by atoms with Crippen LogP contribution in [-0.2, 0) is 6.42 Å². The fraction of sp³-hybridized carbons (Fsp3) is 0.158. The Morgan fingerprint density at radius 1 is 1.04 bits per heavy atom. The van der Waals surface area contributed by atoms with Crippen LogP contribution in [-0.4, -0.2) is 24.1 Å². The summed E-state index contributed by atoms with van der Waals surface area (Å²) in [6, 6.07) is 11.5. The lowest BCUT2D eigenvalue weighted by molar-refractivity contribution is 0.0989. The van der Waals surface area contributed by atoms with Crippen LogP contribution >= 0.6 is 0 Å². The third kappa shape index (κ3) is 2.71. The van der Waals surface area contributed by atoms with Gasteiger partial charge in [-0.25, -0.2) is 4.79 Å². The van der Waals surface area contributed by atoms with Crippen molar-refractivity contribution in [2.24, 2.45) is 0 Å². The summed E-state index contributed by atoms with van der Waals surface area (Å²) < 4.78 is 16.1. The highest BCUT2D eigenvalue weighted by atomic mass is 16.6. The van der Waals surface area contributed by atoms with E-state index in [1.165, 1.54) is 0 Å². The second kappa shape index (κ2) is 5.98. The van der Waals surface area contributed by atoms with Gasteiger partial charge in [0.25, 0.3) is 0 Å². The Bertz CT molecular complexity index is 1030. The van der Waals surface area contributed by atoms with Gasteiger partial charge in [-0.1, -0.05) is 12.1 Å². The average Bonchev–Trinajstić information content (AvgIpc) is 2.64. The summed E-state index contributed by atoms with van der Waals surface area (Å²) in [5.74, 6) is 0.523. The lowest BCUT2D eigenvalue weighted by Gasteiger charge is -2.18. The molecule has 126 valence electrons. The normalized spacial score (nSPS) is 13.0. The van der Waals surface area contributed by atoms with Crippen LogP contribution in [0.3, 0.4) is 0 Å². The van der Waals surface area contributed by atoms with Crippen molar-refractivity contribution in [2.75, 3.05) is 13.2 Å². The van der Waals surface area contributed by atoms with E-state index in [0.29, 0.717) is 35.7 Å². The van der Waals surface area contributed by atoms with Crippen LogP contribution in [0.25, 0.3) is 11.0 Å². The van der Waals surface area contributed by atoms with Gasteiger partial charge < -0.3 is 19.0 Å². The molecule has 2 heterocycles. The number of ether oxygens (including phenoxy) is 2. The van der Waals surface area contributed by atoms with Crippen LogP contribution in [0.2, 0.25) is 0 Å². The molecule has 25 heavy (non-hydrogen) atoms. The van der Waals surface area contributed by atoms with E-state index < -0.39 is 5.63 Å². The molecular formula is C19H14O6. The van der Waals surface area contributed by atoms with Crippen LogP contribution in [0.15, 0.2) is 51.7 Å². The summed E-state index contributed by atoms with van der Waals surface area (Å²) in [5.41, 5.74) is -0.127. The second-order valence-electron chi connectivity index (χ2n) is 5.67. The number of carbonyl (C=O) groups excluding carboxylic acids is 1. The van der Waals surface area contributed by atoms with E-state index in [9.17, 15) is 14.7 Å². The molecule has 4 rings (SSSR count). The van der Waals surface area contributed by atoms with E-state index in [-0.39, 0.29) is 29.1 Å². The largest absolute Gasteiger partial charge is 0.507 e. The highest BCUT2D eigenvalue weighted by molar-refractivity contribution is 5.99. The molecule has 0 saturated carbocycles. The van der Waals surface area contributed by atoms with Gasteiger partial charge in [-0.2, -0.15) is 0 Å². The molecule has 6 nitrogen and oxygen atoms in total. The van der Waals surface area contributed by atoms with Gasteiger partial charge in [0.2, 0.25) is 0 Å². The van der Waals surface area contributed by atoms with Crippen molar-refractivity contribution in [2.45, 2.75) is 6.42 Å². The predicted molar refractivity (Wildman–Crippen MR) is 89.6 cm³/mol. The molecule has 0 saturated heterocycles. The van der Waals surface area contributed by atoms with Crippen molar-refractivity contribution >= 4 is 16.8 Å². The van der Waals surface area contributed by atoms with Gasteiger partial charge in [-0.05, 0) is 30.3 Å². The molecule has 0 fully saturated rings. The van der Waals surface area contributed by atoms with Crippen molar-refractivity contribution in [1.29, 1.82) is 0 Å². The molecule has 0 unspecified atom stereocenters. The molecule has 0 amide bonds. The molecule has 1 aliphatic rings. The van der Waals surface area contributed by atoms with Crippen LogP contribution < -0.4 is 15.1 Å². The number of benzene rings is 2. The number of para-hydroxylation sites is 1. The zero-order chi connectivity index (χ0) is 17.4. The zero-order valence-electron chi connectivity index (χ0n) is 13.2. The maximum absolute atomic E-state index is 12.6. The molecule has 0 spiro atoms. The molecule has 1 aromatic heterocycles. The lowest BCUT2D eigenvalue weighted by Crippen LogP contribution is -2.17. The van der Waals surface area contributed by atoms with Gasteiger partial charge >= 0.3 is 5.63 Å². The summed E-state index contributed by atoms with van der Waals surface area (Å²) in [5, 5.41) is 10.8. The quantitative estimate of drug-likeness (QED) is 0.584. The molecule has 0 atom stereocenters. The van der Waals surface area contributed by atoms with Gasteiger partial charge in [0.1, 0.15) is 24.5 Å². The highest BCUT2D eigenvalue weighted by Crippen LogP contribution is 2.32. The average molecular weight is 338 g/mol. The minimum Gasteiger partial charge on any atom is -0.507 e. The number of fused-ring (bicyclic) bond motifs is 2. The fourth-order valence-electron chi connectivity index (χ4n) is 2.81. The first kappa shape index (κ1) is 15.3. The summed E-state index contributed by atoms with van der Waals surface area (Å²) in [7, 11) is 0. The molecule has 1 aliphatic heterocycles. The molecule has 6 heteroatoms. The predicted octanol–water partition coefficient (Wildman–Crippen LogP) is 2.70. The van der Waals surface area contributed by atoms with Crippen molar-refractivity contribution in [3.05, 3.63) is 64.0 Å². The minimum atomic E-state index is -0.720.